The summed E-state index contributed by atoms with van der Waals surface area (Å²) >= 11 is 0. The summed E-state index contributed by atoms with van der Waals surface area (Å²) in [5.41, 5.74) is 0.406. The number of hydrogen-bond donors (Lipinski definition) is 2. The average molecular weight is 368 g/mol. The molecule has 8 heteroatoms. The molecule has 0 saturated carbocycles. The normalized spacial score (nSPS) is 12.6. The lowest BCUT2D eigenvalue weighted by molar-refractivity contribution is -0.115. The van der Waals surface area contributed by atoms with Crippen LogP contribution in [0, 0.1) is 11.6 Å². The highest BCUT2D eigenvalue weighted by Gasteiger charge is 2.16. The van der Waals surface area contributed by atoms with Gasteiger partial charge in [0.15, 0.2) is 9.84 Å². The molecule has 2 rings (SSSR count). The fourth-order valence-electron chi connectivity index (χ4n) is 2.30. The molecule has 0 unspecified atom stereocenters. The van der Waals surface area contributed by atoms with E-state index in [0.29, 0.717) is 0 Å². The zero-order valence-corrected chi connectivity index (χ0v) is 14.5. The van der Waals surface area contributed by atoms with Crippen LogP contribution in [0.3, 0.4) is 0 Å². The van der Waals surface area contributed by atoms with Crippen LogP contribution in [0.15, 0.2) is 47.4 Å². The van der Waals surface area contributed by atoms with Gasteiger partial charge in [0, 0.05) is 23.9 Å². The Bertz CT molecular complexity index is 885. The monoisotopic (exact) mass is 368 g/mol. The van der Waals surface area contributed by atoms with Gasteiger partial charge in [0.05, 0.1) is 17.1 Å². The van der Waals surface area contributed by atoms with Crippen molar-refractivity contribution >= 4 is 21.4 Å². The van der Waals surface area contributed by atoms with Gasteiger partial charge in [-0.15, -0.1) is 0 Å². The molecule has 5 nitrogen and oxygen atoms in total. The number of anilines is 1. The van der Waals surface area contributed by atoms with Crippen molar-refractivity contribution in [2.45, 2.75) is 17.9 Å². The molecule has 0 aliphatic rings. The molecule has 0 fully saturated rings. The zero-order chi connectivity index (χ0) is 18.6. The summed E-state index contributed by atoms with van der Waals surface area (Å²) in [4.78, 5) is 12.1. The third-order valence-corrected chi connectivity index (χ3v) is 4.71. The molecule has 2 aromatic rings. The van der Waals surface area contributed by atoms with Gasteiger partial charge in [0.2, 0.25) is 5.91 Å². The summed E-state index contributed by atoms with van der Waals surface area (Å²) in [6.45, 7) is 1.46. The summed E-state index contributed by atoms with van der Waals surface area (Å²) in [6.07, 6.45) is 1.05. The molecule has 1 amide bonds. The first-order valence-electron chi connectivity index (χ1n) is 7.45. The van der Waals surface area contributed by atoms with Crippen LogP contribution in [0.1, 0.15) is 18.5 Å². The predicted molar refractivity (Wildman–Crippen MR) is 91.0 cm³/mol. The van der Waals surface area contributed by atoms with Crippen molar-refractivity contribution in [2.24, 2.45) is 0 Å². The van der Waals surface area contributed by atoms with Crippen molar-refractivity contribution in [2.75, 3.05) is 18.1 Å². The van der Waals surface area contributed by atoms with E-state index in [1.807, 2.05) is 0 Å². The van der Waals surface area contributed by atoms with E-state index in [-0.39, 0.29) is 22.7 Å². The second-order valence-corrected chi connectivity index (χ2v) is 7.57. The third-order valence-electron chi connectivity index (χ3n) is 3.56. The number of hydrogen-bond acceptors (Lipinski definition) is 4. The molecule has 0 bridgehead atoms. The zero-order valence-electron chi connectivity index (χ0n) is 13.7. The third kappa shape index (κ3) is 5.07. The van der Waals surface area contributed by atoms with Crippen molar-refractivity contribution in [1.29, 1.82) is 0 Å². The fourth-order valence-corrected chi connectivity index (χ4v) is 3.14. The van der Waals surface area contributed by atoms with Gasteiger partial charge in [-0.3, -0.25) is 4.79 Å². The number of sulfone groups is 1. The van der Waals surface area contributed by atoms with Crippen LogP contribution >= 0.6 is 0 Å². The van der Waals surface area contributed by atoms with E-state index in [1.165, 1.54) is 18.2 Å². The van der Waals surface area contributed by atoms with E-state index >= 15 is 0 Å². The standard InChI is InChI=1S/C17H18F2N2O3S/c1-11(13-8-7-12(18)9-14(13)19)20-10-17(22)21-15-5-3-4-6-16(15)25(2,23)24/h3-9,11,20H,10H2,1-2H3,(H,21,22)/t11-/m0/s1. The Balaban J connectivity index is 2.02. The molecule has 2 N–H and O–H groups in total. The number of para-hydroxylation sites is 1. The Labute approximate surface area is 145 Å². The lowest BCUT2D eigenvalue weighted by atomic mass is 10.1. The maximum absolute atomic E-state index is 13.7. The highest BCUT2D eigenvalue weighted by atomic mass is 32.2. The van der Waals surface area contributed by atoms with Crippen LogP contribution in [0.25, 0.3) is 0 Å². The Kier molecular flexibility index (Phi) is 5.86. The van der Waals surface area contributed by atoms with Gasteiger partial charge in [-0.1, -0.05) is 18.2 Å². The maximum Gasteiger partial charge on any atom is 0.238 e. The van der Waals surface area contributed by atoms with Crippen molar-refractivity contribution < 1.29 is 22.0 Å². The highest BCUT2D eigenvalue weighted by molar-refractivity contribution is 7.90. The predicted octanol–water partition coefficient (Wildman–Crippen LogP) is 2.66. The minimum absolute atomic E-state index is 0.0148. The lowest BCUT2D eigenvalue weighted by Gasteiger charge is -2.15. The number of nitrogens with one attached hydrogen (secondary N) is 2. The molecule has 0 saturated heterocycles. The quantitative estimate of drug-likeness (QED) is 0.822. The number of amides is 1. The highest BCUT2D eigenvalue weighted by Crippen LogP contribution is 2.21. The molecule has 0 aliphatic heterocycles. The van der Waals surface area contributed by atoms with Gasteiger partial charge < -0.3 is 10.6 Å². The second kappa shape index (κ2) is 7.71. The Hall–Kier alpha value is -2.32. The number of rotatable bonds is 6. The number of carbonyl (C=O) groups excluding carboxylic acids is 1. The molecule has 0 spiro atoms. The van der Waals surface area contributed by atoms with Gasteiger partial charge in [0.25, 0.3) is 0 Å². The molecule has 1 atom stereocenters. The van der Waals surface area contributed by atoms with Crippen molar-refractivity contribution in [3.63, 3.8) is 0 Å². The molecule has 25 heavy (non-hydrogen) atoms. The Morgan fingerprint density at radius 3 is 2.48 bits per heavy atom. The summed E-state index contributed by atoms with van der Waals surface area (Å²) < 4.78 is 50.1. The molecule has 0 aromatic heterocycles. The summed E-state index contributed by atoms with van der Waals surface area (Å²) in [5, 5.41) is 5.33. The molecule has 0 aliphatic carbocycles. The molecule has 0 heterocycles. The first-order valence-corrected chi connectivity index (χ1v) is 9.35. The van der Waals surface area contributed by atoms with Crippen LogP contribution in [0.5, 0.6) is 0 Å². The molecule has 0 radical (unpaired) electrons. The van der Waals surface area contributed by atoms with Gasteiger partial charge in [-0.2, -0.15) is 0 Å². The van der Waals surface area contributed by atoms with Crippen LogP contribution in [-0.4, -0.2) is 27.1 Å². The second-order valence-electron chi connectivity index (χ2n) is 5.58. The average Bonchev–Trinajstić information content (AvgIpc) is 2.52. The van der Waals surface area contributed by atoms with Crippen molar-refractivity contribution in [3.8, 4) is 0 Å². The van der Waals surface area contributed by atoms with Gasteiger partial charge >= 0.3 is 0 Å². The van der Waals surface area contributed by atoms with Crippen LogP contribution in [-0.2, 0) is 14.6 Å². The number of halogens is 2. The Morgan fingerprint density at radius 1 is 1.16 bits per heavy atom. The first kappa shape index (κ1) is 19.0. The summed E-state index contributed by atoms with van der Waals surface area (Å²) in [7, 11) is -3.48. The topological polar surface area (TPSA) is 75.3 Å². The fraction of sp³-hybridized carbons (Fsp3) is 0.235. The summed E-state index contributed by atoms with van der Waals surface area (Å²) in [6, 6.07) is 8.73. The molecule has 134 valence electrons. The molecule has 2 aromatic carbocycles. The smallest absolute Gasteiger partial charge is 0.238 e. The maximum atomic E-state index is 13.7. The van der Waals surface area contributed by atoms with E-state index in [1.54, 1.807) is 19.1 Å². The number of benzene rings is 2. The van der Waals surface area contributed by atoms with E-state index in [2.05, 4.69) is 10.6 Å². The van der Waals surface area contributed by atoms with Gasteiger partial charge in [-0.25, -0.2) is 17.2 Å². The summed E-state index contributed by atoms with van der Waals surface area (Å²) in [5.74, 6) is -1.86. The van der Waals surface area contributed by atoms with E-state index in [9.17, 15) is 22.0 Å². The van der Waals surface area contributed by atoms with Crippen LogP contribution in [0.2, 0.25) is 0 Å². The van der Waals surface area contributed by atoms with Crippen molar-refractivity contribution in [3.05, 3.63) is 59.7 Å². The van der Waals surface area contributed by atoms with E-state index in [0.717, 1.165) is 18.4 Å². The minimum Gasteiger partial charge on any atom is -0.324 e. The van der Waals surface area contributed by atoms with Gasteiger partial charge in [0.1, 0.15) is 11.6 Å². The van der Waals surface area contributed by atoms with Crippen LogP contribution in [0.4, 0.5) is 14.5 Å². The largest absolute Gasteiger partial charge is 0.324 e. The van der Waals surface area contributed by atoms with E-state index < -0.39 is 33.4 Å². The van der Waals surface area contributed by atoms with E-state index in [4.69, 9.17) is 0 Å². The SMILES string of the molecule is C[C@H](NCC(=O)Nc1ccccc1S(C)(=O)=O)c1ccc(F)cc1F. The molecular formula is C17H18F2N2O3S. The first-order chi connectivity index (χ1) is 11.7. The Morgan fingerprint density at radius 2 is 1.84 bits per heavy atom. The minimum atomic E-state index is -3.48. The van der Waals surface area contributed by atoms with Gasteiger partial charge in [-0.05, 0) is 25.1 Å². The number of carbonyl (C=O) groups is 1. The molecular weight excluding hydrogens is 350 g/mol. The lowest BCUT2D eigenvalue weighted by Crippen LogP contribution is -2.30. The van der Waals surface area contributed by atoms with Crippen LogP contribution < -0.4 is 10.6 Å². The van der Waals surface area contributed by atoms with Crippen molar-refractivity contribution in [1.82, 2.24) is 5.32 Å².